The first-order chi connectivity index (χ1) is 28.9. The number of fused-ring (bicyclic) bond motifs is 9. The number of hydrogen-bond donors (Lipinski definition) is 0. The highest BCUT2D eigenvalue weighted by Crippen LogP contribution is 2.49. The highest BCUT2D eigenvalue weighted by Gasteiger charge is 2.35. The molecule has 0 amide bonds. The fraction of sp³-hybridized carbons (Fsp3) is 0.0545. The van der Waals surface area contributed by atoms with Gasteiger partial charge in [0.05, 0.1) is 11.4 Å². The molecule has 278 valence electrons. The fourth-order valence-electron chi connectivity index (χ4n) is 9.25. The van der Waals surface area contributed by atoms with E-state index < -0.39 is 0 Å². The van der Waals surface area contributed by atoms with Crippen molar-refractivity contribution in [3.8, 4) is 67.3 Å². The molecular weight excluding hydrogens is 721 g/mol. The number of para-hydroxylation sites is 2. The average molecular weight is 757 g/mol. The van der Waals surface area contributed by atoms with E-state index in [9.17, 15) is 0 Å². The van der Waals surface area contributed by atoms with E-state index >= 15 is 0 Å². The average Bonchev–Trinajstić information content (AvgIpc) is 3.93. The third kappa shape index (κ3) is 5.37. The van der Waals surface area contributed by atoms with E-state index in [-0.39, 0.29) is 5.41 Å². The third-order valence-electron chi connectivity index (χ3n) is 12.3. The number of furan rings is 2. The molecule has 0 saturated carbocycles. The van der Waals surface area contributed by atoms with Crippen LogP contribution in [0.15, 0.2) is 191 Å². The first kappa shape index (κ1) is 33.6. The molecule has 4 nitrogen and oxygen atoms in total. The minimum Gasteiger partial charge on any atom is -0.456 e. The van der Waals surface area contributed by atoms with Crippen molar-refractivity contribution in [1.82, 2.24) is 9.97 Å². The predicted molar refractivity (Wildman–Crippen MR) is 241 cm³/mol. The van der Waals surface area contributed by atoms with Crippen LogP contribution in [0.3, 0.4) is 0 Å². The van der Waals surface area contributed by atoms with E-state index in [0.29, 0.717) is 5.82 Å². The van der Waals surface area contributed by atoms with Gasteiger partial charge in [-0.25, -0.2) is 9.97 Å². The van der Waals surface area contributed by atoms with Gasteiger partial charge in [0, 0.05) is 43.7 Å². The van der Waals surface area contributed by atoms with Crippen molar-refractivity contribution in [3.63, 3.8) is 0 Å². The predicted octanol–water partition coefficient (Wildman–Crippen LogP) is 14.9. The van der Waals surface area contributed by atoms with Crippen LogP contribution < -0.4 is 0 Å². The van der Waals surface area contributed by atoms with Crippen molar-refractivity contribution in [3.05, 3.63) is 193 Å². The standard InChI is InChI=1S/C55H36N2O2/c1-55(2)46-17-9-6-14-40(46)41-23-21-35(30-47(41)55)48-32-49(57-54(56-48)36-22-25-52-45(29-36)43-16-8-11-19-51(43)58-52)39-27-37(33-12-4-3-5-13-33)26-38(28-39)34-20-24-44-42-15-7-10-18-50(42)59-53(44)31-34/h3-32H,1-2H3. The van der Waals surface area contributed by atoms with Gasteiger partial charge in [-0.1, -0.05) is 123 Å². The Hall–Kier alpha value is -7.56. The number of aromatic nitrogens is 2. The molecule has 0 fully saturated rings. The molecule has 3 heterocycles. The van der Waals surface area contributed by atoms with Crippen LogP contribution in [0.2, 0.25) is 0 Å². The monoisotopic (exact) mass is 756 g/mol. The van der Waals surface area contributed by atoms with Crippen molar-refractivity contribution >= 4 is 43.9 Å². The van der Waals surface area contributed by atoms with Crippen molar-refractivity contribution < 1.29 is 8.83 Å². The topological polar surface area (TPSA) is 52.1 Å². The molecule has 0 bridgehead atoms. The van der Waals surface area contributed by atoms with E-state index in [1.165, 1.54) is 22.3 Å². The molecule has 0 aliphatic heterocycles. The van der Waals surface area contributed by atoms with Crippen LogP contribution in [0.4, 0.5) is 0 Å². The molecule has 0 saturated heterocycles. The first-order valence-corrected chi connectivity index (χ1v) is 20.1. The Morgan fingerprint density at radius 2 is 0.915 bits per heavy atom. The number of rotatable bonds is 5. The van der Waals surface area contributed by atoms with Crippen LogP contribution in [0.5, 0.6) is 0 Å². The van der Waals surface area contributed by atoms with E-state index in [1.807, 2.05) is 30.3 Å². The maximum absolute atomic E-state index is 6.36. The van der Waals surface area contributed by atoms with Crippen molar-refractivity contribution in [2.45, 2.75) is 19.3 Å². The molecule has 1 aliphatic rings. The van der Waals surface area contributed by atoms with Crippen LogP contribution in [0.25, 0.3) is 111 Å². The largest absolute Gasteiger partial charge is 0.456 e. The molecule has 3 aromatic heterocycles. The zero-order valence-electron chi connectivity index (χ0n) is 32.5. The van der Waals surface area contributed by atoms with Crippen LogP contribution in [-0.4, -0.2) is 9.97 Å². The molecule has 0 atom stereocenters. The minimum absolute atomic E-state index is 0.145. The number of benzene rings is 8. The lowest BCUT2D eigenvalue weighted by atomic mass is 9.82. The summed E-state index contributed by atoms with van der Waals surface area (Å²) in [5, 5.41) is 4.34. The van der Waals surface area contributed by atoms with Gasteiger partial charge < -0.3 is 8.83 Å². The smallest absolute Gasteiger partial charge is 0.160 e. The molecule has 4 heteroatoms. The summed E-state index contributed by atoms with van der Waals surface area (Å²) < 4.78 is 12.6. The van der Waals surface area contributed by atoms with Crippen LogP contribution in [-0.2, 0) is 5.41 Å². The zero-order chi connectivity index (χ0) is 39.2. The second kappa shape index (κ2) is 12.7. The molecule has 59 heavy (non-hydrogen) atoms. The summed E-state index contributed by atoms with van der Waals surface area (Å²) in [4.78, 5) is 10.7. The molecule has 1 aliphatic carbocycles. The van der Waals surface area contributed by atoms with Gasteiger partial charge in [-0.3, -0.25) is 0 Å². The molecule has 11 aromatic rings. The highest BCUT2D eigenvalue weighted by atomic mass is 16.3. The van der Waals surface area contributed by atoms with Gasteiger partial charge in [-0.15, -0.1) is 0 Å². The van der Waals surface area contributed by atoms with Crippen molar-refractivity contribution in [1.29, 1.82) is 0 Å². The van der Waals surface area contributed by atoms with Gasteiger partial charge in [-0.2, -0.15) is 0 Å². The summed E-state index contributed by atoms with van der Waals surface area (Å²) in [5.74, 6) is 0.656. The molecule has 0 radical (unpaired) electrons. The second-order valence-electron chi connectivity index (χ2n) is 16.2. The Morgan fingerprint density at radius 1 is 0.339 bits per heavy atom. The van der Waals surface area contributed by atoms with E-state index in [0.717, 1.165) is 94.2 Å². The van der Waals surface area contributed by atoms with Crippen LogP contribution in [0, 0.1) is 0 Å². The van der Waals surface area contributed by atoms with Gasteiger partial charge in [0.25, 0.3) is 0 Å². The highest BCUT2D eigenvalue weighted by molar-refractivity contribution is 6.07. The molecule has 0 spiro atoms. The summed E-state index contributed by atoms with van der Waals surface area (Å²) in [5.41, 5.74) is 17.6. The minimum atomic E-state index is -0.145. The van der Waals surface area contributed by atoms with Gasteiger partial charge in [0.1, 0.15) is 22.3 Å². The lowest BCUT2D eigenvalue weighted by Crippen LogP contribution is -2.14. The number of nitrogens with zero attached hydrogens (tertiary/aromatic N) is 2. The second-order valence-corrected chi connectivity index (χ2v) is 16.2. The van der Waals surface area contributed by atoms with Crippen LogP contribution in [0.1, 0.15) is 25.0 Å². The SMILES string of the molecule is CC1(C)c2ccccc2-c2ccc(-c3cc(-c4cc(-c5ccccc5)cc(-c5ccc6c(c5)oc5ccccc56)c4)nc(-c4ccc5oc6ccccc6c5c4)n3)cc21. The van der Waals surface area contributed by atoms with E-state index in [4.69, 9.17) is 18.8 Å². The molecular formula is C55H36N2O2. The zero-order valence-corrected chi connectivity index (χ0v) is 32.5. The first-order valence-electron chi connectivity index (χ1n) is 20.1. The Labute approximate surface area is 341 Å². The van der Waals surface area contributed by atoms with Gasteiger partial charge in [0.15, 0.2) is 5.82 Å². The fourth-order valence-corrected chi connectivity index (χ4v) is 9.25. The molecule has 12 rings (SSSR count). The Bertz CT molecular complexity index is 3480. The summed E-state index contributed by atoms with van der Waals surface area (Å²) in [6.07, 6.45) is 0. The third-order valence-corrected chi connectivity index (χ3v) is 12.3. The van der Waals surface area contributed by atoms with Gasteiger partial charge in [-0.05, 0) is 117 Å². The molecule has 8 aromatic carbocycles. The Balaban J connectivity index is 1.07. The quantitative estimate of drug-likeness (QED) is 0.175. The summed E-state index contributed by atoms with van der Waals surface area (Å²) in [6, 6.07) is 64.3. The van der Waals surface area contributed by atoms with E-state index in [1.54, 1.807) is 0 Å². The summed E-state index contributed by atoms with van der Waals surface area (Å²) >= 11 is 0. The van der Waals surface area contributed by atoms with E-state index in [2.05, 4.69) is 166 Å². The lowest BCUT2D eigenvalue weighted by Gasteiger charge is -2.22. The summed E-state index contributed by atoms with van der Waals surface area (Å²) in [6.45, 7) is 4.64. The maximum Gasteiger partial charge on any atom is 0.160 e. The van der Waals surface area contributed by atoms with Crippen LogP contribution >= 0.6 is 0 Å². The summed E-state index contributed by atoms with van der Waals surface area (Å²) in [7, 11) is 0. The normalized spacial score (nSPS) is 13.1. The molecule has 0 N–H and O–H groups in total. The van der Waals surface area contributed by atoms with Gasteiger partial charge >= 0.3 is 0 Å². The van der Waals surface area contributed by atoms with Gasteiger partial charge in [0.2, 0.25) is 0 Å². The van der Waals surface area contributed by atoms with Crippen molar-refractivity contribution in [2.24, 2.45) is 0 Å². The molecule has 0 unspecified atom stereocenters. The number of hydrogen-bond acceptors (Lipinski definition) is 4. The van der Waals surface area contributed by atoms with Crippen molar-refractivity contribution in [2.75, 3.05) is 0 Å². The lowest BCUT2D eigenvalue weighted by molar-refractivity contribution is 0.660. The Kier molecular flexibility index (Phi) is 7.24. The maximum atomic E-state index is 6.36. The Morgan fingerprint density at radius 3 is 1.73 bits per heavy atom.